The number of hydrogen-bond acceptors (Lipinski definition) is 3. The molecule has 1 saturated heterocycles. The van der Waals surface area contributed by atoms with Crippen LogP contribution < -0.4 is 0 Å². The van der Waals surface area contributed by atoms with Gasteiger partial charge in [0.15, 0.2) is 0 Å². The molecule has 0 amide bonds. The van der Waals surface area contributed by atoms with Crippen LogP contribution in [0.3, 0.4) is 0 Å². The van der Waals surface area contributed by atoms with Crippen LogP contribution >= 0.6 is 11.8 Å². The molecule has 0 saturated carbocycles. The Hall–Kier alpha value is -0.960. The lowest BCUT2D eigenvalue weighted by Crippen LogP contribution is -2.45. The van der Waals surface area contributed by atoms with Crippen molar-refractivity contribution >= 4 is 17.7 Å². The van der Waals surface area contributed by atoms with E-state index in [4.69, 9.17) is 4.74 Å². The van der Waals surface area contributed by atoms with E-state index in [-0.39, 0.29) is 23.4 Å². The molecule has 1 aromatic carbocycles. The summed E-state index contributed by atoms with van der Waals surface area (Å²) in [5.74, 6) is 1.77. The number of rotatable bonds is 4. The Morgan fingerprint density at radius 3 is 2.36 bits per heavy atom. The lowest BCUT2D eigenvalue weighted by Gasteiger charge is -2.41. The van der Waals surface area contributed by atoms with Gasteiger partial charge in [0.05, 0.1) is 5.92 Å². The number of hydrogen-bond donors (Lipinski definition) is 0. The normalized spacial score (nSPS) is 29.2. The van der Waals surface area contributed by atoms with E-state index in [1.54, 1.807) is 0 Å². The number of benzene rings is 1. The first kappa shape index (κ1) is 17.4. The summed E-state index contributed by atoms with van der Waals surface area (Å²) in [6, 6.07) is 10.4. The molecule has 1 fully saturated rings. The molecular weight excluding hydrogens is 292 g/mol. The Bertz CT molecular complexity index is 492. The van der Waals surface area contributed by atoms with Crippen LogP contribution in [-0.4, -0.2) is 17.8 Å². The zero-order chi connectivity index (χ0) is 16.3. The number of esters is 1. The van der Waals surface area contributed by atoms with Gasteiger partial charge in [-0.15, -0.1) is 11.8 Å². The zero-order valence-electron chi connectivity index (χ0n) is 14.3. The lowest BCUT2D eigenvalue weighted by molar-refractivity contribution is -0.170. The van der Waals surface area contributed by atoms with Crippen molar-refractivity contribution in [3.8, 4) is 0 Å². The first-order chi connectivity index (χ1) is 10.3. The molecule has 0 aliphatic carbocycles. The number of ether oxygens (including phenoxy) is 1. The van der Waals surface area contributed by atoms with Crippen LogP contribution in [0.4, 0.5) is 0 Å². The third-order valence-corrected chi connectivity index (χ3v) is 5.71. The van der Waals surface area contributed by atoms with Gasteiger partial charge in [0.25, 0.3) is 0 Å². The van der Waals surface area contributed by atoms with Crippen LogP contribution in [0, 0.1) is 23.2 Å². The van der Waals surface area contributed by atoms with Crippen molar-refractivity contribution in [1.82, 2.24) is 0 Å². The molecule has 0 unspecified atom stereocenters. The average Bonchev–Trinajstić information content (AvgIpc) is 2.44. The topological polar surface area (TPSA) is 26.3 Å². The second-order valence-electron chi connectivity index (χ2n) is 7.66. The molecule has 0 spiro atoms. The van der Waals surface area contributed by atoms with Gasteiger partial charge in [-0.3, -0.25) is 4.79 Å². The molecule has 0 N–H and O–H groups in total. The van der Waals surface area contributed by atoms with E-state index in [1.807, 2.05) is 24.8 Å². The first-order valence-corrected chi connectivity index (χ1v) is 9.15. The van der Waals surface area contributed by atoms with Crippen molar-refractivity contribution in [1.29, 1.82) is 0 Å². The largest absolute Gasteiger partial charge is 0.462 e. The minimum atomic E-state index is -0.000753. The van der Waals surface area contributed by atoms with Crippen molar-refractivity contribution in [3.63, 3.8) is 0 Å². The van der Waals surface area contributed by atoms with Gasteiger partial charge in [0.2, 0.25) is 0 Å². The van der Waals surface area contributed by atoms with Gasteiger partial charge in [0, 0.05) is 10.6 Å². The third kappa shape index (κ3) is 4.52. The molecule has 4 atom stereocenters. The minimum absolute atomic E-state index is 0.000753. The van der Waals surface area contributed by atoms with E-state index in [2.05, 4.69) is 52.0 Å². The SMILES string of the molecule is C[C@@H]1[C@H](CSc2ccccc2)[C@@H](CC(C)(C)C)C(=O)O[C@H]1C. The van der Waals surface area contributed by atoms with Crippen molar-refractivity contribution in [3.05, 3.63) is 30.3 Å². The Morgan fingerprint density at radius 2 is 1.77 bits per heavy atom. The fourth-order valence-electron chi connectivity index (χ4n) is 3.14. The fourth-order valence-corrected chi connectivity index (χ4v) is 4.41. The molecule has 3 heteroatoms. The zero-order valence-corrected chi connectivity index (χ0v) is 15.2. The van der Waals surface area contributed by atoms with E-state index >= 15 is 0 Å². The van der Waals surface area contributed by atoms with Gasteiger partial charge in [0.1, 0.15) is 6.10 Å². The van der Waals surface area contributed by atoms with E-state index in [9.17, 15) is 4.79 Å². The molecule has 0 bridgehead atoms. The summed E-state index contributed by atoms with van der Waals surface area (Å²) in [5, 5.41) is 0. The van der Waals surface area contributed by atoms with Crippen LogP contribution in [0.25, 0.3) is 0 Å². The van der Waals surface area contributed by atoms with Gasteiger partial charge in [-0.1, -0.05) is 45.9 Å². The summed E-state index contributed by atoms with van der Waals surface area (Å²) >= 11 is 1.86. The number of carbonyl (C=O) groups is 1. The highest BCUT2D eigenvalue weighted by Gasteiger charge is 2.43. The molecule has 0 aromatic heterocycles. The predicted octanol–water partition coefficient (Wildman–Crippen LogP) is 5.03. The highest BCUT2D eigenvalue weighted by Crippen LogP contribution is 2.41. The van der Waals surface area contributed by atoms with E-state index in [0.29, 0.717) is 11.8 Å². The fraction of sp³-hybridized carbons (Fsp3) is 0.632. The Morgan fingerprint density at radius 1 is 1.14 bits per heavy atom. The predicted molar refractivity (Wildman–Crippen MR) is 92.9 cm³/mol. The minimum Gasteiger partial charge on any atom is -0.462 e. The summed E-state index contributed by atoms with van der Waals surface area (Å²) in [6.07, 6.45) is 0.910. The standard InChI is InChI=1S/C19H28O2S/c1-13-14(2)21-18(20)16(11-19(3,4)5)17(13)12-22-15-9-7-6-8-10-15/h6-10,13-14,16-17H,11-12H2,1-5H3/t13-,14-,16+,17-/m0/s1. The van der Waals surface area contributed by atoms with Gasteiger partial charge >= 0.3 is 5.97 Å². The molecule has 2 rings (SSSR count). The van der Waals surface area contributed by atoms with Crippen molar-refractivity contribution < 1.29 is 9.53 Å². The summed E-state index contributed by atoms with van der Waals surface area (Å²) in [5.41, 5.74) is 0.139. The van der Waals surface area contributed by atoms with Crippen LogP contribution in [0.15, 0.2) is 35.2 Å². The van der Waals surface area contributed by atoms with E-state index in [1.165, 1.54) is 4.90 Å². The lowest BCUT2D eigenvalue weighted by atomic mass is 9.72. The van der Waals surface area contributed by atoms with Crippen LogP contribution in [0.2, 0.25) is 0 Å². The van der Waals surface area contributed by atoms with Crippen molar-refractivity contribution in [2.45, 2.75) is 52.0 Å². The number of cyclic esters (lactones) is 1. The van der Waals surface area contributed by atoms with E-state index < -0.39 is 0 Å². The van der Waals surface area contributed by atoms with E-state index in [0.717, 1.165) is 12.2 Å². The van der Waals surface area contributed by atoms with Crippen LogP contribution in [-0.2, 0) is 9.53 Å². The average molecular weight is 320 g/mol. The Balaban J connectivity index is 2.12. The van der Waals surface area contributed by atoms with Crippen molar-refractivity contribution in [2.75, 3.05) is 5.75 Å². The Kier molecular flexibility index (Phi) is 5.60. The highest BCUT2D eigenvalue weighted by molar-refractivity contribution is 7.99. The van der Waals surface area contributed by atoms with Crippen molar-refractivity contribution in [2.24, 2.45) is 23.2 Å². The molecule has 2 nitrogen and oxygen atoms in total. The molecule has 1 aliphatic rings. The molecule has 1 heterocycles. The molecular formula is C19H28O2S. The van der Waals surface area contributed by atoms with Crippen LogP contribution in [0.1, 0.15) is 41.0 Å². The maximum absolute atomic E-state index is 12.4. The first-order valence-electron chi connectivity index (χ1n) is 8.16. The van der Waals surface area contributed by atoms with Crippen LogP contribution in [0.5, 0.6) is 0 Å². The Labute approximate surface area is 139 Å². The van der Waals surface area contributed by atoms with Gasteiger partial charge in [-0.25, -0.2) is 0 Å². The summed E-state index contributed by atoms with van der Waals surface area (Å²) < 4.78 is 5.59. The maximum Gasteiger partial charge on any atom is 0.309 e. The molecule has 0 radical (unpaired) electrons. The quantitative estimate of drug-likeness (QED) is 0.575. The highest BCUT2D eigenvalue weighted by atomic mass is 32.2. The molecule has 22 heavy (non-hydrogen) atoms. The smallest absolute Gasteiger partial charge is 0.309 e. The second-order valence-corrected chi connectivity index (χ2v) is 8.75. The second kappa shape index (κ2) is 7.08. The summed E-state index contributed by atoms with van der Waals surface area (Å²) in [7, 11) is 0. The third-order valence-electron chi connectivity index (χ3n) is 4.56. The number of thioether (sulfide) groups is 1. The van der Waals surface area contributed by atoms with Gasteiger partial charge in [-0.05, 0) is 42.7 Å². The monoisotopic (exact) mass is 320 g/mol. The maximum atomic E-state index is 12.4. The molecule has 122 valence electrons. The number of carbonyl (C=O) groups excluding carboxylic acids is 1. The summed E-state index contributed by atoms with van der Waals surface area (Å²) in [4.78, 5) is 13.7. The van der Waals surface area contributed by atoms with Gasteiger partial charge in [-0.2, -0.15) is 0 Å². The summed E-state index contributed by atoms with van der Waals surface area (Å²) in [6.45, 7) is 10.8. The molecule has 1 aliphatic heterocycles. The van der Waals surface area contributed by atoms with Gasteiger partial charge < -0.3 is 4.74 Å². The molecule has 1 aromatic rings.